The predicted molar refractivity (Wildman–Crippen MR) is 99.5 cm³/mol. The molecule has 0 spiro atoms. The molecule has 0 atom stereocenters. The quantitative estimate of drug-likeness (QED) is 0.727. The molecule has 0 aromatic carbocycles. The number of nitrogens with zero attached hydrogens (tertiary/aromatic N) is 5. The molecule has 136 valence electrons. The summed E-state index contributed by atoms with van der Waals surface area (Å²) in [5.74, 6) is 0.173. The maximum Gasteiger partial charge on any atom is 0.274 e. The summed E-state index contributed by atoms with van der Waals surface area (Å²) in [7, 11) is 5.76. The Morgan fingerprint density at radius 2 is 2.12 bits per heavy atom. The van der Waals surface area contributed by atoms with Crippen molar-refractivity contribution < 1.29 is 9.53 Å². The van der Waals surface area contributed by atoms with E-state index < -0.39 is 0 Å². The van der Waals surface area contributed by atoms with Crippen LogP contribution in [-0.2, 0) is 7.05 Å². The van der Waals surface area contributed by atoms with Gasteiger partial charge in [0.25, 0.3) is 5.91 Å². The van der Waals surface area contributed by atoms with Gasteiger partial charge in [0.2, 0.25) is 5.88 Å². The maximum absolute atomic E-state index is 12.5. The molecule has 8 heteroatoms. The van der Waals surface area contributed by atoms with Crippen molar-refractivity contribution in [3.05, 3.63) is 41.9 Å². The summed E-state index contributed by atoms with van der Waals surface area (Å²) in [5.41, 5.74) is 2.49. The van der Waals surface area contributed by atoms with E-state index in [4.69, 9.17) is 4.74 Å². The number of likely N-dealkylation sites (N-methyl/N-ethyl adjacent to an activating group) is 1. The fourth-order valence-electron chi connectivity index (χ4n) is 2.52. The normalized spacial score (nSPS) is 11.1. The number of pyridine rings is 2. The maximum atomic E-state index is 12.5. The lowest BCUT2D eigenvalue weighted by atomic mass is 10.2. The zero-order chi connectivity index (χ0) is 18.7. The highest BCUT2D eigenvalue weighted by molar-refractivity contribution is 6.04. The lowest BCUT2D eigenvalue weighted by Gasteiger charge is -2.11. The van der Waals surface area contributed by atoms with Crippen LogP contribution in [0.5, 0.6) is 5.88 Å². The third-order valence-corrected chi connectivity index (χ3v) is 3.89. The third-order valence-electron chi connectivity index (χ3n) is 3.89. The van der Waals surface area contributed by atoms with Crippen molar-refractivity contribution in [1.82, 2.24) is 24.6 Å². The molecule has 3 aromatic heterocycles. The molecule has 0 aliphatic carbocycles. The Kier molecular flexibility index (Phi) is 5.13. The van der Waals surface area contributed by atoms with Gasteiger partial charge in [-0.05, 0) is 39.2 Å². The minimum atomic E-state index is -0.295. The number of aryl methyl sites for hydroxylation is 2. The molecule has 0 aliphatic heterocycles. The smallest absolute Gasteiger partial charge is 0.274 e. The van der Waals surface area contributed by atoms with Gasteiger partial charge in [-0.15, -0.1) is 0 Å². The number of anilines is 1. The Hall–Kier alpha value is -3.00. The van der Waals surface area contributed by atoms with Crippen molar-refractivity contribution in [3.8, 4) is 5.88 Å². The van der Waals surface area contributed by atoms with Gasteiger partial charge in [-0.1, -0.05) is 0 Å². The molecule has 3 heterocycles. The number of ether oxygens (including phenoxy) is 1. The summed E-state index contributed by atoms with van der Waals surface area (Å²) in [6.45, 7) is 3.22. The first kappa shape index (κ1) is 17.8. The fraction of sp³-hybridized carbons (Fsp3) is 0.333. The largest absolute Gasteiger partial charge is 0.476 e. The number of amides is 1. The molecule has 1 N–H and O–H groups in total. The average Bonchev–Trinajstić information content (AvgIpc) is 2.89. The molecular formula is C18H22N6O2. The number of nitrogens with one attached hydrogen (secondary N) is 1. The number of hydrogen-bond acceptors (Lipinski definition) is 6. The van der Waals surface area contributed by atoms with Crippen LogP contribution in [0.3, 0.4) is 0 Å². The lowest BCUT2D eigenvalue weighted by Crippen LogP contribution is -2.19. The minimum Gasteiger partial charge on any atom is -0.476 e. The summed E-state index contributed by atoms with van der Waals surface area (Å²) in [5, 5.41) is 8.08. The van der Waals surface area contributed by atoms with Gasteiger partial charge in [-0.2, -0.15) is 5.10 Å². The number of carbonyl (C=O) groups is 1. The fourth-order valence-corrected chi connectivity index (χ4v) is 2.52. The molecule has 0 radical (unpaired) electrons. The molecule has 0 saturated carbocycles. The second-order valence-electron chi connectivity index (χ2n) is 6.27. The molecule has 8 nitrogen and oxygen atoms in total. The number of rotatable bonds is 6. The van der Waals surface area contributed by atoms with E-state index >= 15 is 0 Å². The topological polar surface area (TPSA) is 85.2 Å². The Morgan fingerprint density at radius 3 is 2.88 bits per heavy atom. The van der Waals surface area contributed by atoms with Gasteiger partial charge in [0, 0.05) is 36.9 Å². The third kappa shape index (κ3) is 3.97. The number of hydrogen-bond donors (Lipinski definition) is 1. The van der Waals surface area contributed by atoms with Crippen LogP contribution in [0.1, 0.15) is 16.2 Å². The predicted octanol–water partition coefficient (Wildman–Crippen LogP) is 1.86. The van der Waals surface area contributed by atoms with E-state index in [-0.39, 0.29) is 5.91 Å². The van der Waals surface area contributed by atoms with Crippen molar-refractivity contribution in [2.24, 2.45) is 7.05 Å². The highest BCUT2D eigenvalue weighted by Gasteiger charge is 2.13. The monoisotopic (exact) mass is 354 g/mol. The Bertz CT molecular complexity index is 935. The van der Waals surface area contributed by atoms with E-state index in [0.717, 1.165) is 17.6 Å². The van der Waals surface area contributed by atoms with Crippen LogP contribution in [0, 0.1) is 6.92 Å². The molecule has 3 rings (SSSR count). The van der Waals surface area contributed by atoms with E-state index in [9.17, 15) is 4.79 Å². The van der Waals surface area contributed by atoms with Gasteiger partial charge in [0.15, 0.2) is 5.65 Å². The van der Waals surface area contributed by atoms with Gasteiger partial charge in [0.1, 0.15) is 12.3 Å². The summed E-state index contributed by atoms with van der Waals surface area (Å²) in [4.78, 5) is 23.1. The molecule has 0 unspecified atom stereocenters. The van der Waals surface area contributed by atoms with Crippen LogP contribution < -0.4 is 10.1 Å². The number of fused-ring (bicyclic) bond motifs is 1. The molecule has 0 aliphatic rings. The molecule has 0 bridgehead atoms. The molecule has 26 heavy (non-hydrogen) atoms. The van der Waals surface area contributed by atoms with Gasteiger partial charge in [-0.25, -0.2) is 9.97 Å². The van der Waals surface area contributed by atoms with Crippen molar-refractivity contribution >= 4 is 22.6 Å². The van der Waals surface area contributed by atoms with Gasteiger partial charge >= 0.3 is 0 Å². The van der Waals surface area contributed by atoms with Crippen LogP contribution in [0.2, 0.25) is 0 Å². The molecular weight excluding hydrogens is 332 g/mol. The first-order chi connectivity index (χ1) is 12.4. The SMILES string of the molecule is Cc1nn(C)c2nc(C(=O)Nc3ccnc(OCCN(C)C)c3)ccc12. The minimum absolute atomic E-state index is 0.295. The van der Waals surface area contributed by atoms with E-state index in [2.05, 4.69) is 20.4 Å². The van der Waals surface area contributed by atoms with E-state index in [0.29, 0.717) is 29.5 Å². The van der Waals surface area contributed by atoms with Crippen molar-refractivity contribution in [3.63, 3.8) is 0 Å². The number of aromatic nitrogens is 4. The highest BCUT2D eigenvalue weighted by Crippen LogP contribution is 2.18. The zero-order valence-corrected chi connectivity index (χ0v) is 15.4. The standard InChI is InChI=1S/C18H22N6O2/c1-12-14-5-6-15(21-17(14)24(4)22-12)18(25)20-13-7-8-19-16(11-13)26-10-9-23(2)3/h5-8,11H,9-10H2,1-4H3,(H,19,20,25). The van der Waals surface area contributed by atoms with Crippen LogP contribution >= 0.6 is 0 Å². The molecule has 1 amide bonds. The first-order valence-corrected chi connectivity index (χ1v) is 8.29. The summed E-state index contributed by atoms with van der Waals surface area (Å²) in [6.07, 6.45) is 1.60. The van der Waals surface area contributed by atoms with Gasteiger partial charge in [0.05, 0.1) is 5.69 Å². The first-order valence-electron chi connectivity index (χ1n) is 8.29. The van der Waals surface area contributed by atoms with Crippen molar-refractivity contribution in [1.29, 1.82) is 0 Å². The van der Waals surface area contributed by atoms with Crippen molar-refractivity contribution in [2.45, 2.75) is 6.92 Å². The van der Waals surface area contributed by atoms with Crippen LogP contribution in [-0.4, -0.2) is 57.8 Å². The highest BCUT2D eigenvalue weighted by atomic mass is 16.5. The van der Waals surface area contributed by atoms with Crippen molar-refractivity contribution in [2.75, 3.05) is 32.6 Å². The van der Waals surface area contributed by atoms with E-state index in [1.54, 1.807) is 29.1 Å². The summed E-state index contributed by atoms with van der Waals surface area (Å²) >= 11 is 0. The second-order valence-corrected chi connectivity index (χ2v) is 6.27. The second kappa shape index (κ2) is 7.49. The van der Waals surface area contributed by atoms with E-state index in [1.165, 1.54) is 0 Å². The Labute approximate surface area is 151 Å². The summed E-state index contributed by atoms with van der Waals surface area (Å²) < 4.78 is 7.26. The van der Waals surface area contributed by atoms with Gasteiger partial charge in [-0.3, -0.25) is 9.48 Å². The summed E-state index contributed by atoms with van der Waals surface area (Å²) in [6, 6.07) is 6.97. The zero-order valence-electron chi connectivity index (χ0n) is 15.4. The van der Waals surface area contributed by atoms with Crippen LogP contribution in [0.25, 0.3) is 11.0 Å². The Balaban J connectivity index is 1.72. The van der Waals surface area contributed by atoms with Crippen LogP contribution in [0.4, 0.5) is 5.69 Å². The van der Waals surface area contributed by atoms with E-state index in [1.807, 2.05) is 39.0 Å². The van der Waals surface area contributed by atoms with Crippen LogP contribution in [0.15, 0.2) is 30.5 Å². The number of carbonyl (C=O) groups excluding carboxylic acids is 1. The Morgan fingerprint density at radius 1 is 1.31 bits per heavy atom. The average molecular weight is 354 g/mol. The molecule has 3 aromatic rings. The lowest BCUT2D eigenvalue weighted by molar-refractivity contribution is 0.102. The molecule has 0 fully saturated rings. The van der Waals surface area contributed by atoms with Gasteiger partial charge < -0.3 is 15.0 Å². The molecule has 0 saturated heterocycles.